The van der Waals surface area contributed by atoms with E-state index in [-0.39, 0.29) is 5.92 Å². The number of hydrogen-bond acceptors (Lipinski definition) is 4. The van der Waals surface area contributed by atoms with E-state index in [1.165, 1.54) is 19.4 Å². The Labute approximate surface area is 126 Å². The molecule has 3 heterocycles. The lowest BCUT2D eigenvalue weighted by molar-refractivity contribution is -0.146. The molecule has 1 aliphatic carbocycles. The van der Waals surface area contributed by atoms with Gasteiger partial charge in [-0.2, -0.15) is 0 Å². The zero-order valence-electron chi connectivity index (χ0n) is 12.7. The van der Waals surface area contributed by atoms with Gasteiger partial charge in [-0.3, -0.25) is 9.69 Å². The van der Waals surface area contributed by atoms with Crippen molar-refractivity contribution in [2.45, 2.75) is 37.8 Å². The summed E-state index contributed by atoms with van der Waals surface area (Å²) in [4.78, 5) is 17.3. The average molecular weight is 294 g/mol. The molecule has 0 radical (unpaired) electrons. The van der Waals surface area contributed by atoms with Gasteiger partial charge in [0.1, 0.15) is 0 Å². The van der Waals surface area contributed by atoms with Crippen LogP contribution in [0.2, 0.25) is 0 Å². The van der Waals surface area contributed by atoms with Crippen LogP contribution in [0.4, 0.5) is 0 Å². The number of nitrogens with zero attached hydrogens (tertiary/aromatic N) is 2. The lowest BCUT2D eigenvalue weighted by atomic mass is 9.96. The van der Waals surface area contributed by atoms with E-state index in [4.69, 9.17) is 9.47 Å². The van der Waals surface area contributed by atoms with Crippen LogP contribution in [0, 0.1) is 11.8 Å². The first-order chi connectivity index (χ1) is 10.3. The molecule has 0 bridgehead atoms. The van der Waals surface area contributed by atoms with Crippen molar-refractivity contribution in [1.82, 2.24) is 9.80 Å². The summed E-state index contributed by atoms with van der Waals surface area (Å²) < 4.78 is 11.3. The van der Waals surface area contributed by atoms with Gasteiger partial charge in [0.25, 0.3) is 0 Å². The Balaban J connectivity index is 1.40. The van der Waals surface area contributed by atoms with Crippen LogP contribution < -0.4 is 0 Å². The zero-order chi connectivity index (χ0) is 14.2. The van der Waals surface area contributed by atoms with Crippen molar-refractivity contribution in [3.8, 4) is 0 Å². The molecule has 3 aliphatic heterocycles. The highest BCUT2D eigenvalue weighted by Crippen LogP contribution is 2.33. The summed E-state index contributed by atoms with van der Waals surface area (Å²) in [6.45, 7) is 6.17. The first-order valence-electron chi connectivity index (χ1n) is 8.53. The van der Waals surface area contributed by atoms with Crippen molar-refractivity contribution in [1.29, 1.82) is 0 Å². The summed E-state index contributed by atoms with van der Waals surface area (Å²) in [6.07, 6.45) is 4.99. The fourth-order valence-electron chi connectivity index (χ4n) is 3.99. The number of hydrogen-bond donors (Lipinski definition) is 0. The van der Waals surface area contributed by atoms with E-state index in [1.54, 1.807) is 0 Å². The Morgan fingerprint density at radius 3 is 2.76 bits per heavy atom. The Morgan fingerprint density at radius 1 is 1.10 bits per heavy atom. The van der Waals surface area contributed by atoms with Crippen molar-refractivity contribution < 1.29 is 14.3 Å². The molecule has 3 atom stereocenters. The van der Waals surface area contributed by atoms with E-state index in [1.807, 2.05) is 0 Å². The van der Waals surface area contributed by atoms with Gasteiger partial charge in [0.15, 0.2) is 0 Å². The molecular weight excluding hydrogens is 268 g/mol. The lowest BCUT2D eigenvalue weighted by Crippen LogP contribution is -2.61. The molecule has 118 valence electrons. The summed E-state index contributed by atoms with van der Waals surface area (Å²) >= 11 is 0. The summed E-state index contributed by atoms with van der Waals surface area (Å²) in [6, 6.07) is 0.416. The highest BCUT2D eigenvalue weighted by Gasteiger charge is 2.41. The monoisotopic (exact) mass is 294 g/mol. The molecule has 1 saturated carbocycles. The molecule has 4 fully saturated rings. The fraction of sp³-hybridized carbons (Fsp3) is 0.938. The zero-order valence-corrected chi connectivity index (χ0v) is 12.7. The van der Waals surface area contributed by atoms with Crippen LogP contribution in [0.1, 0.15) is 25.7 Å². The molecule has 4 rings (SSSR count). The van der Waals surface area contributed by atoms with Gasteiger partial charge in [-0.1, -0.05) is 0 Å². The number of piperidine rings is 1. The summed E-state index contributed by atoms with van der Waals surface area (Å²) in [5.74, 6) is 1.31. The molecule has 0 aromatic rings. The number of ether oxygens (including phenoxy) is 2. The number of carbonyl (C=O) groups excluding carboxylic acids is 1. The van der Waals surface area contributed by atoms with E-state index in [9.17, 15) is 4.79 Å². The van der Waals surface area contributed by atoms with Gasteiger partial charge >= 0.3 is 0 Å². The summed E-state index contributed by atoms with van der Waals surface area (Å²) in [5, 5.41) is 0. The number of morpholine rings is 1. The van der Waals surface area contributed by atoms with Crippen LogP contribution in [-0.4, -0.2) is 73.9 Å². The predicted octanol–water partition coefficient (Wildman–Crippen LogP) is 0.735. The van der Waals surface area contributed by atoms with Crippen LogP contribution in [0.15, 0.2) is 0 Å². The molecule has 1 amide bonds. The van der Waals surface area contributed by atoms with Crippen molar-refractivity contribution in [3.63, 3.8) is 0 Å². The molecule has 0 N–H and O–H groups in total. The van der Waals surface area contributed by atoms with Crippen molar-refractivity contribution in [3.05, 3.63) is 0 Å². The molecule has 0 aromatic heterocycles. The van der Waals surface area contributed by atoms with Gasteiger partial charge in [0.05, 0.1) is 31.3 Å². The summed E-state index contributed by atoms with van der Waals surface area (Å²) in [5.41, 5.74) is 0. The highest BCUT2D eigenvalue weighted by molar-refractivity contribution is 5.79. The van der Waals surface area contributed by atoms with Gasteiger partial charge in [0.2, 0.25) is 5.91 Å². The minimum Gasteiger partial charge on any atom is -0.381 e. The Hall–Kier alpha value is -0.650. The fourth-order valence-corrected chi connectivity index (χ4v) is 3.99. The number of fused-ring (bicyclic) bond motifs is 1. The molecule has 4 aliphatic rings. The van der Waals surface area contributed by atoms with Crippen LogP contribution in [0.25, 0.3) is 0 Å². The predicted molar refractivity (Wildman–Crippen MR) is 77.9 cm³/mol. The molecule has 5 heteroatoms. The Morgan fingerprint density at radius 2 is 2.00 bits per heavy atom. The van der Waals surface area contributed by atoms with E-state index in [0.717, 1.165) is 51.6 Å². The van der Waals surface area contributed by atoms with Crippen LogP contribution in [-0.2, 0) is 14.3 Å². The number of amides is 1. The van der Waals surface area contributed by atoms with E-state index >= 15 is 0 Å². The third kappa shape index (κ3) is 2.96. The molecular formula is C16H26N2O3. The molecule has 5 nitrogen and oxygen atoms in total. The van der Waals surface area contributed by atoms with Gasteiger partial charge < -0.3 is 14.4 Å². The van der Waals surface area contributed by atoms with Gasteiger partial charge in [-0.25, -0.2) is 0 Å². The molecule has 0 spiro atoms. The second-order valence-corrected chi connectivity index (χ2v) is 7.05. The van der Waals surface area contributed by atoms with Crippen LogP contribution in [0.5, 0.6) is 0 Å². The lowest BCUT2D eigenvalue weighted by Gasteiger charge is -2.47. The highest BCUT2D eigenvalue weighted by atomic mass is 16.5. The normalized spacial score (nSPS) is 37.5. The van der Waals surface area contributed by atoms with Crippen molar-refractivity contribution in [2.24, 2.45) is 11.8 Å². The van der Waals surface area contributed by atoms with Crippen molar-refractivity contribution >= 4 is 5.91 Å². The minimum absolute atomic E-state index is 0.0999. The molecule has 21 heavy (non-hydrogen) atoms. The van der Waals surface area contributed by atoms with Gasteiger partial charge in [-0.15, -0.1) is 0 Å². The third-order valence-corrected chi connectivity index (χ3v) is 5.48. The van der Waals surface area contributed by atoms with E-state index in [2.05, 4.69) is 9.80 Å². The number of likely N-dealkylation sites (tertiary alicyclic amines) is 1. The largest absolute Gasteiger partial charge is 0.381 e. The second-order valence-electron chi connectivity index (χ2n) is 7.05. The quantitative estimate of drug-likeness (QED) is 0.770. The van der Waals surface area contributed by atoms with E-state index < -0.39 is 0 Å². The molecule has 1 unspecified atom stereocenters. The third-order valence-electron chi connectivity index (χ3n) is 5.48. The SMILES string of the molecule is O=C(C1CCOC1)N1CC[C@@H]2OCCN(CC3CC3)[C@H]2C1. The van der Waals surface area contributed by atoms with Crippen LogP contribution in [0.3, 0.4) is 0 Å². The Kier molecular flexibility index (Phi) is 3.90. The Bertz CT molecular complexity index is 393. The maximum Gasteiger partial charge on any atom is 0.228 e. The topological polar surface area (TPSA) is 42.0 Å². The smallest absolute Gasteiger partial charge is 0.228 e. The molecule has 0 aromatic carbocycles. The summed E-state index contributed by atoms with van der Waals surface area (Å²) in [7, 11) is 0. The maximum atomic E-state index is 12.6. The maximum absolute atomic E-state index is 12.6. The molecule has 3 saturated heterocycles. The first kappa shape index (κ1) is 14.0. The second kappa shape index (κ2) is 5.86. The number of rotatable bonds is 3. The van der Waals surface area contributed by atoms with Crippen LogP contribution >= 0.6 is 0 Å². The van der Waals surface area contributed by atoms with Crippen molar-refractivity contribution in [2.75, 3.05) is 46.0 Å². The van der Waals surface area contributed by atoms with Gasteiger partial charge in [0, 0.05) is 32.8 Å². The van der Waals surface area contributed by atoms with E-state index in [0.29, 0.717) is 24.7 Å². The standard InChI is InChI=1S/C16H26N2O3/c19-16(13-4-7-20-11-13)18-5-3-15-14(10-18)17(6-8-21-15)9-12-1-2-12/h12-15H,1-11H2/t13?,14-,15-/m0/s1. The average Bonchev–Trinajstić information content (AvgIpc) is 3.16. The first-order valence-corrected chi connectivity index (χ1v) is 8.53. The number of carbonyl (C=O) groups is 1. The van der Waals surface area contributed by atoms with Gasteiger partial charge in [-0.05, 0) is 31.6 Å². The minimum atomic E-state index is 0.0999.